The van der Waals surface area contributed by atoms with Gasteiger partial charge in [-0.1, -0.05) is 27.7 Å². The van der Waals surface area contributed by atoms with Crippen molar-refractivity contribution in [3.63, 3.8) is 0 Å². The zero-order valence-electron chi connectivity index (χ0n) is 13.1. The van der Waals surface area contributed by atoms with E-state index in [4.69, 9.17) is 4.74 Å². The molecule has 0 heterocycles. The smallest absolute Gasteiger partial charge is 0.264 e. The van der Waals surface area contributed by atoms with E-state index in [1.165, 1.54) is 24.3 Å². The lowest BCUT2D eigenvalue weighted by molar-refractivity contribution is -0.124. The molecule has 0 spiro atoms. The SMILES string of the molecule is CC(C)C(=O)COc1ccc(S(=O)(=O)NC(=O)C(C)C)cc1. The largest absolute Gasteiger partial charge is 0.486 e. The van der Waals surface area contributed by atoms with E-state index in [9.17, 15) is 18.0 Å². The highest BCUT2D eigenvalue weighted by Gasteiger charge is 2.19. The van der Waals surface area contributed by atoms with Crippen LogP contribution in [0.25, 0.3) is 0 Å². The van der Waals surface area contributed by atoms with Gasteiger partial charge in [-0.3, -0.25) is 9.59 Å². The highest BCUT2D eigenvalue weighted by molar-refractivity contribution is 7.90. The molecule has 0 aliphatic carbocycles. The molecule has 6 nitrogen and oxygen atoms in total. The molecule has 0 aromatic heterocycles. The number of amides is 1. The molecule has 0 bridgehead atoms. The molecule has 1 aromatic rings. The summed E-state index contributed by atoms with van der Waals surface area (Å²) in [5, 5.41) is 0. The molecule has 1 rings (SSSR count). The van der Waals surface area contributed by atoms with Crippen molar-refractivity contribution < 1.29 is 22.7 Å². The van der Waals surface area contributed by atoms with Gasteiger partial charge in [0, 0.05) is 11.8 Å². The summed E-state index contributed by atoms with van der Waals surface area (Å²) in [6.07, 6.45) is 0. The van der Waals surface area contributed by atoms with E-state index in [0.717, 1.165) is 0 Å². The van der Waals surface area contributed by atoms with Gasteiger partial charge in [0.15, 0.2) is 5.78 Å². The quantitative estimate of drug-likeness (QED) is 0.824. The Balaban J connectivity index is 2.76. The minimum atomic E-state index is -3.89. The van der Waals surface area contributed by atoms with Gasteiger partial charge in [-0.05, 0) is 24.3 Å². The molecular formula is C15H21NO5S. The Morgan fingerprint density at radius 3 is 2.05 bits per heavy atom. The van der Waals surface area contributed by atoms with Crippen LogP contribution in [0.5, 0.6) is 5.75 Å². The van der Waals surface area contributed by atoms with Crippen molar-refractivity contribution in [1.29, 1.82) is 0 Å². The van der Waals surface area contributed by atoms with Gasteiger partial charge < -0.3 is 4.74 Å². The Kier molecular flexibility index (Phi) is 6.11. The fourth-order valence-corrected chi connectivity index (χ4v) is 2.46. The van der Waals surface area contributed by atoms with Gasteiger partial charge in [0.05, 0.1) is 4.90 Å². The van der Waals surface area contributed by atoms with Crippen LogP contribution in [0.15, 0.2) is 29.2 Å². The predicted octanol–water partition coefficient (Wildman–Crippen LogP) is 1.75. The first-order chi connectivity index (χ1) is 10.1. The Bertz CT molecular complexity index is 632. The number of Topliss-reactive ketones (excluding diaryl/α,β-unsaturated/α-hetero) is 1. The number of rotatable bonds is 7. The molecule has 7 heteroatoms. The lowest BCUT2D eigenvalue weighted by Gasteiger charge is -2.10. The number of hydrogen-bond donors (Lipinski definition) is 1. The number of hydrogen-bond acceptors (Lipinski definition) is 5. The van der Waals surface area contributed by atoms with E-state index >= 15 is 0 Å². The molecule has 0 saturated heterocycles. The van der Waals surface area contributed by atoms with E-state index in [-0.39, 0.29) is 23.2 Å². The topological polar surface area (TPSA) is 89.5 Å². The molecular weight excluding hydrogens is 306 g/mol. The molecule has 1 amide bonds. The second kappa shape index (κ2) is 7.40. The second-order valence-corrected chi connectivity index (χ2v) is 7.19. The Morgan fingerprint density at radius 2 is 1.59 bits per heavy atom. The van der Waals surface area contributed by atoms with Gasteiger partial charge in [-0.2, -0.15) is 0 Å². The number of ether oxygens (including phenoxy) is 1. The summed E-state index contributed by atoms with van der Waals surface area (Å²) in [5.74, 6) is -0.766. The fraction of sp³-hybridized carbons (Fsp3) is 0.467. The fourth-order valence-electron chi connectivity index (χ4n) is 1.35. The van der Waals surface area contributed by atoms with E-state index in [1.54, 1.807) is 27.7 Å². The van der Waals surface area contributed by atoms with Crippen LogP contribution < -0.4 is 9.46 Å². The van der Waals surface area contributed by atoms with Crippen LogP contribution in [0.4, 0.5) is 0 Å². The summed E-state index contributed by atoms with van der Waals surface area (Å²) in [5.41, 5.74) is 0. The maximum Gasteiger partial charge on any atom is 0.264 e. The van der Waals surface area contributed by atoms with Crippen molar-refractivity contribution in [1.82, 2.24) is 4.72 Å². The molecule has 122 valence electrons. The first kappa shape index (κ1) is 18.2. The number of benzene rings is 1. The average Bonchev–Trinajstić information content (AvgIpc) is 2.44. The standard InChI is InChI=1S/C15H21NO5S/c1-10(2)14(17)9-21-12-5-7-13(8-6-12)22(19,20)16-15(18)11(3)4/h5-8,10-11H,9H2,1-4H3,(H,16,18). The maximum atomic E-state index is 12.0. The zero-order valence-corrected chi connectivity index (χ0v) is 13.9. The predicted molar refractivity (Wildman–Crippen MR) is 81.9 cm³/mol. The van der Waals surface area contributed by atoms with Gasteiger partial charge in [-0.25, -0.2) is 13.1 Å². The van der Waals surface area contributed by atoms with Gasteiger partial charge in [0.2, 0.25) is 5.91 Å². The lowest BCUT2D eigenvalue weighted by Crippen LogP contribution is -2.33. The third kappa shape index (κ3) is 5.14. The van der Waals surface area contributed by atoms with Crippen LogP contribution >= 0.6 is 0 Å². The Labute approximate surface area is 130 Å². The highest BCUT2D eigenvalue weighted by atomic mass is 32.2. The monoisotopic (exact) mass is 327 g/mol. The summed E-state index contributed by atoms with van der Waals surface area (Å²) in [6.45, 7) is 6.70. The molecule has 22 heavy (non-hydrogen) atoms. The number of nitrogens with one attached hydrogen (secondary N) is 1. The van der Waals surface area contributed by atoms with Crippen LogP contribution in [0.3, 0.4) is 0 Å². The average molecular weight is 327 g/mol. The first-order valence-electron chi connectivity index (χ1n) is 6.95. The van der Waals surface area contributed by atoms with Crippen molar-refractivity contribution in [2.75, 3.05) is 6.61 Å². The Morgan fingerprint density at radius 1 is 1.05 bits per heavy atom. The van der Waals surface area contributed by atoms with Crippen LogP contribution in [-0.2, 0) is 19.6 Å². The summed E-state index contributed by atoms with van der Waals surface area (Å²) >= 11 is 0. The minimum Gasteiger partial charge on any atom is -0.486 e. The van der Waals surface area contributed by atoms with Gasteiger partial charge in [0.1, 0.15) is 12.4 Å². The second-order valence-electron chi connectivity index (χ2n) is 5.51. The third-order valence-corrected chi connectivity index (χ3v) is 4.28. The maximum absolute atomic E-state index is 12.0. The van der Waals surface area contributed by atoms with Crippen molar-refractivity contribution in [3.05, 3.63) is 24.3 Å². The van der Waals surface area contributed by atoms with Crippen LogP contribution in [0.2, 0.25) is 0 Å². The van der Waals surface area contributed by atoms with Crippen LogP contribution in [0.1, 0.15) is 27.7 Å². The molecule has 0 aliphatic rings. The van der Waals surface area contributed by atoms with Gasteiger partial charge in [0.25, 0.3) is 10.0 Å². The molecule has 0 aliphatic heterocycles. The van der Waals surface area contributed by atoms with E-state index in [2.05, 4.69) is 0 Å². The molecule has 1 N–H and O–H groups in total. The van der Waals surface area contributed by atoms with Crippen molar-refractivity contribution in [2.24, 2.45) is 11.8 Å². The summed E-state index contributed by atoms with van der Waals surface area (Å²) in [6, 6.07) is 5.54. The van der Waals surface area contributed by atoms with Crippen LogP contribution in [0, 0.1) is 11.8 Å². The van der Waals surface area contributed by atoms with Crippen molar-refractivity contribution in [3.8, 4) is 5.75 Å². The normalized spacial score (nSPS) is 11.5. The number of carbonyl (C=O) groups is 2. The molecule has 0 radical (unpaired) electrons. The summed E-state index contributed by atoms with van der Waals surface area (Å²) in [4.78, 5) is 22.9. The molecule has 1 aromatic carbocycles. The molecule has 0 unspecified atom stereocenters. The number of ketones is 1. The van der Waals surface area contributed by atoms with Crippen molar-refractivity contribution in [2.45, 2.75) is 32.6 Å². The molecule has 0 fully saturated rings. The summed E-state index contributed by atoms with van der Waals surface area (Å²) in [7, 11) is -3.89. The van der Waals surface area contributed by atoms with E-state index < -0.39 is 21.8 Å². The third-order valence-electron chi connectivity index (χ3n) is 2.92. The first-order valence-corrected chi connectivity index (χ1v) is 8.44. The number of sulfonamides is 1. The van der Waals surface area contributed by atoms with E-state index in [0.29, 0.717) is 5.75 Å². The van der Waals surface area contributed by atoms with Gasteiger partial charge >= 0.3 is 0 Å². The van der Waals surface area contributed by atoms with Crippen molar-refractivity contribution >= 4 is 21.7 Å². The van der Waals surface area contributed by atoms with E-state index in [1.807, 2.05) is 4.72 Å². The van der Waals surface area contributed by atoms with Gasteiger partial charge in [-0.15, -0.1) is 0 Å². The molecule has 0 saturated carbocycles. The Hall–Kier alpha value is -1.89. The summed E-state index contributed by atoms with van der Waals surface area (Å²) < 4.78 is 31.3. The van der Waals surface area contributed by atoms with Crippen LogP contribution in [-0.4, -0.2) is 26.7 Å². The lowest BCUT2D eigenvalue weighted by atomic mass is 10.1. The highest BCUT2D eigenvalue weighted by Crippen LogP contribution is 2.16. The number of carbonyl (C=O) groups excluding carboxylic acids is 2. The minimum absolute atomic E-state index is 0.0379. The molecule has 0 atom stereocenters. The zero-order chi connectivity index (χ0) is 16.9.